The minimum absolute atomic E-state index is 0.00308. The van der Waals surface area contributed by atoms with Gasteiger partial charge in [-0.15, -0.1) is 0 Å². The molecule has 0 saturated carbocycles. The van der Waals surface area contributed by atoms with Gasteiger partial charge in [0, 0.05) is 24.2 Å². The van der Waals surface area contributed by atoms with Crippen molar-refractivity contribution in [3.63, 3.8) is 0 Å². The summed E-state index contributed by atoms with van der Waals surface area (Å²) >= 11 is 0. The van der Waals surface area contributed by atoms with Crippen molar-refractivity contribution in [3.05, 3.63) is 83.0 Å². The number of rotatable bonds is 2. The normalized spacial score (nSPS) is 13.7. The average Bonchev–Trinajstić information content (AvgIpc) is 2.69. The number of nitrogens with zero attached hydrogens (tertiary/aromatic N) is 2. The molecule has 0 saturated heterocycles. The lowest BCUT2D eigenvalue weighted by Gasteiger charge is -2.26. The van der Waals surface area contributed by atoms with Crippen LogP contribution in [0.1, 0.15) is 40.9 Å². The van der Waals surface area contributed by atoms with E-state index < -0.39 is 0 Å². The van der Waals surface area contributed by atoms with Crippen LogP contribution >= 0.6 is 0 Å². The Hall–Kier alpha value is -3.53. The molecule has 0 radical (unpaired) electrons. The summed E-state index contributed by atoms with van der Waals surface area (Å²) in [6.07, 6.45) is 5.85. The van der Waals surface area contributed by atoms with Gasteiger partial charge in [-0.25, -0.2) is 0 Å². The summed E-state index contributed by atoms with van der Waals surface area (Å²) in [5.74, 6) is -0.0143. The number of carbonyl (C=O) groups is 2. The zero-order valence-corrected chi connectivity index (χ0v) is 15.8. The molecule has 28 heavy (non-hydrogen) atoms. The van der Waals surface area contributed by atoms with E-state index in [4.69, 9.17) is 0 Å². The topological polar surface area (TPSA) is 50.3 Å². The molecule has 4 nitrogen and oxygen atoms in total. The number of aromatic nitrogens is 1. The molecule has 1 amide bonds. The second kappa shape index (κ2) is 7.24. The summed E-state index contributed by atoms with van der Waals surface area (Å²) in [7, 11) is 0. The van der Waals surface area contributed by atoms with Crippen LogP contribution in [0.3, 0.4) is 0 Å². The number of para-hydroxylation sites is 1. The highest BCUT2D eigenvalue weighted by molar-refractivity contribution is 6.00. The third kappa shape index (κ3) is 3.25. The van der Waals surface area contributed by atoms with Crippen molar-refractivity contribution in [1.82, 2.24) is 4.98 Å². The first-order valence-electron chi connectivity index (χ1n) is 9.19. The molecule has 1 aliphatic rings. The number of carbonyl (C=O) groups excluding carboxylic acids is 2. The van der Waals surface area contributed by atoms with Gasteiger partial charge in [-0.1, -0.05) is 54.6 Å². The Balaban J connectivity index is 1.85. The summed E-state index contributed by atoms with van der Waals surface area (Å²) in [6, 6.07) is 17.3. The zero-order valence-electron chi connectivity index (χ0n) is 15.8. The number of anilines is 1. The third-order valence-electron chi connectivity index (χ3n) is 4.99. The first-order valence-corrected chi connectivity index (χ1v) is 9.19. The number of benzene rings is 2. The molecule has 3 aromatic rings. The molecule has 1 aliphatic heterocycles. The van der Waals surface area contributed by atoms with E-state index in [0.717, 1.165) is 33.6 Å². The second-order valence-corrected chi connectivity index (χ2v) is 6.87. The molecule has 4 heteroatoms. The first-order chi connectivity index (χ1) is 13.5. The van der Waals surface area contributed by atoms with Gasteiger partial charge in [0.05, 0.1) is 17.9 Å². The Kier molecular flexibility index (Phi) is 4.62. The monoisotopic (exact) mass is 368 g/mol. The van der Waals surface area contributed by atoms with Crippen LogP contribution in [0.2, 0.25) is 0 Å². The van der Waals surface area contributed by atoms with E-state index in [0.29, 0.717) is 12.1 Å². The van der Waals surface area contributed by atoms with Crippen molar-refractivity contribution in [2.45, 2.75) is 20.4 Å². The second-order valence-electron chi connectivity index (χ2n) is 6.87. The highest BCUT2D eigenvalue weighted by Crippen LogP contribution is 2.31. The average molecular weight is 368 g/mol. The standard InChI is InChI=1S/C24H20N2O2/c1-16(27)21-8-4-5-9-22(21)23-13-20-15-26(17(2)28)24-10-6-3-7-18(24)11-12-19(20)14-25-23/h3-14H,15H2,1-2H3/b12-11-. The first kappa shape index (κ1) is 17.9. The number of hydrogen-bond donors (Lipinski definition) is 0. The van der Waals surface area contributed by atoms with Crippen LogP contribution in [0.5, 0.6) is 0 Å². The Bertz CT molecular complexity index is 1120. The Morgan fingerprint density at radius 3 is 2.43 bits per heavy atom. The molecular weight excluding hydrogens is 348 g/mol. The quantitative estimate of drug-likeness (QED) is 0.599. The minimum Gasteiger partial charge on any atom is -0.308 e. The lowest BCUT2D eigenvalue weighted by Crippen LogP contribution is -2.29. The van der Waals surface area contributed by atoms with Crippen LogP contribution in [-0.4, -0.2) is 16.7 Å². The molecule has 2 heterocycles. The summed E-state index contributed by atoms with van der Waals surface area (Å²) in [5.41, 5.74) is 6.02. The molecule has 0 fully saturated rings. The Morgan fingerprint density at radius 1 is 0.929 bits per heavy atom. The van der Waals surface area contributed by atoms with E-state index in [1.807, 2.05) is 72.9 Å². The molecule has 0 N–H and O–H groups in total. The van der Waals surface area contributed by atoms with Crippen LogP contribution in [0.25, 0.3) is 23.4 Å². The fourth-order valence-corrected chi connectivity index (χ4v) is 3.55. The summed E-state index contributed by atoms with van der Waals surface area (Å²) < 4.78 is 0. The van der Waals surface area contributed by atoms with Gasteiger partial charge in [-0.05, 0) is 35.7 Å². The van der Waals surface area contributed by atoms with Gasteiger partial charge in [0.2, 0.25) is 5.91 Å². The van der Waals surface area contributed by atoms with Gasteiger partial charge in [0.25, 0.3) is 0 Å². The Morgan fingerprint density at radius 2 is 1.64 bits per heavy atom. The molecule has 4 rings (SSSR count). The number of amides is 1. The lowest BCUT2D eigenvalue weighted by molar-refractivity contribution is -0.116. The third-order valence-corrected chi connectivity index (χ3v) is 4.99. The van der Waals surface area contributed by atoms with Gasteiger partial charge < -0.3 is 4.90 Å². The van der Waals surface area contributed by atoms with Crippen LogP contribution in [0.4, 0.5) is 5.69 Å². The predicted octanol–water partition coefficient (Wildman–Crippen LogP) is 4.99. The number of ketones is 1. The fourth-order valence-electron chi connectivity index (χ4n) is 3.55. The number of Topliss-reactive ketones (excluding diaryl/α,β-unsaturated/α-hetero) is 1. The largest absolute Gasteiger partial charge is 0.308 e. The Labute approximate surface area is 164 Å². The SMILES string of the molecule is CC(=O)c1ccccc1-c1cc2c(cn1)/C=C\c1ccccc1N(C(C)=O)C2. The molecule has 1 aromatic heterocycles. The number of pyridine rings is 1. The molecule has 0 bridgehead atoms. The minimum atomic E-state index is -0.0174. The van der Waals surface area contributed by atoms with E-state index in [2.05, 4.69) is 4.98 Å². The van der Waals surface area contributed by atoms with Crippen molar-refractivity contribution < 1.29 is 9.59 Å². The molecule has 0 spiro atoms. The fraction of sp³-hybridized carbons (Fsp3) is 0.125. The summed E-state index contributed by atoms with van der Waals surface area (Å²) in [4.78, 5) is 30.8. The van der Waals surface area contributed by atoms with Gasteiger partial charge >= 0.3 is 0 Å². The highest BCUT2D eigenvalue weighted by atomic mass is 16.2. The van der Waals surface area contributed by atoms with Gasteiger partial charge in [0.15, 0.2) is 5.78 Å². The van der Waals surface area contributed by atoms with Gasteiger partial charge in [-0.3, -0.25) is 14.6 Å². The molecule has 0 atom stereocenters. The van der Waals surface area contributed by atoms with E-state index in [-0.39, 0.29) is 11.7 Å². The van der Waals surface area contributed by atoms with Crippen molar-refractivity contribution in [3.8, 4) is 11.3 Å². The molecule has 138 valence electrons. The maximum absolute atomic E-state index is 12.4. The van der Waals surface area contributed by atoms with Crippen molar-refractivity contribution >= 4 is 29.5 Å². The van der Waals surface area contributed by atoms with Gasteiger partial charge in [0.1, 0.15) is 0 Å². The van der Waals surface area contributed by atoms with Crippen molar-refractivity contribution in [2.75, 3.05) is 4.90 Å². The maximum atomic E-state index is 12.4. The van der Waals surface area contributed by atoms with Crippen LogP contribution in [0.15, 0.2) is 60.8 Å². The van der Waals surface area contributed by atoms with Crippen LogP contribution in [0, 0.1) is 0 Å². The molecular formula is C24H20N2O2. The molecule has 2 aromatic carbocycles. The summed E-state index contributed by atoms with van der Waals surface area (Å²) in [5, 5.41) is 0. The smallest absolute Gasteiger partial charge is 0.224 e. The van der Waals surface area contributed by atoms with E-state index >= 15 is 0 Å². The van der Waals surface area contributed by atoms with E-state index in [9.17, 15) is 9.59 Å². The predicted molar refractivity (Wildman–Crippen MR) is 112 cm³/mol. The zero-order chi connectivity index (χ0) is 19.7. The van der Waals surface area contributed by atoms with E-state index in [1.165, 1.54) is 0 Å². The van der Waals surface area contributed by atoms with Crippen molar-refractivity contribution in [1.29, 1.82) is 0 Å². The van der Waals surface area contributed by atoms with Gasteiger partial charge in [-0.2, -0.15) is 0 Å². The molecule has 0 aliphatic carbocycles. The van der Waals surface area contributed by atoms with Crippen LogP contribution in [-0.2, 0) is 11.3 Å². The number of hydrogen-bond acceptors (Lipinski definition) is 3. The molecule has 0 unspecified atom stereocenters. The lowest BCUT2D eigenvalue weighted by atomic mass is 9.97. The highest BCUT2D eigenvalue weighted by Gasteiger charge is 2.19. The van der Waals surface area contributed by atoms with Crippen molar-refractivity contribution in [2.24, 2.45) is 0 Å². The summed E-state index contributed by atoms with van der Waals surface area (Å²) in [6.45, 7) is 3.59. The number of fused-ring (bicyclic) bond motifs is 2. The van der Waals surface area contributed by atoms with E-state index in [1.54, 1.807) is 18.7 Å². The maximum Gasteiger partial charge on any atom is 0.224 e. The van der Waals surface area contributed by atoms with Crippen LogP contribution < -0.4 is 4.90 Å².